The van der Waals surface area contributed by atoms with Crippen molar-refractivity contribution in [2.24, 2.45) is 5.92 Å². The third-order valence-corrected chi connectivity index (χ3v) is 6.79. The fourth-order valence-corrected chi connectivity index (χ4v) is 4.30. The Morgan fingerprint density at radius 2 is 1.94 bits per heavy atom. The zero-order valence-corrected chi connectivity index (χ0v) is 18.7. The first-order chi connectivity index (χ1) is 14.9. The van der Waals surface area contributed by atoms with E-state index in [1.807, 2.05) is 0 Å². The van der Waals surface area contributed by atoms with Crippen molar-refractivity contribution in [2.75, 3.05) is 11.6 Å². The number of alkyl halides is 2. The summed E-state index contributed by atoms with van der Waals surface area (Å²) in [5.74, 6) is -2.97. The first-order valence-corrected chi connectivity index (χ1v) is 12.1. The lowest BCUT2D eigenvalue weighted by molar-refractivity contribution is -0.189. The molecule has 0 saturated heterocycles. The van der Waals surface area contributed by atoms with Gasteiger partial charge in [-0.2, -0.15) is 8.78 Å². The van der Waals surface area contributed by atoms with Gasteiger partial charge in [0.25, 0.3) is 0 Å². The third-order valence-electron chi connectivity index (χ3n) is 5.81. The smallest absolute Gasteiger partial charge is 0.301 e. The number of nitrogens with one attached hydrogen (secondary N) is 1. The maximum absolute atomic E-state index is 15.0. The molecule has 0 bridgehead atoms. The highest BCUT2D eigenvalue weighted by Gasteiger charge is 2.58. The summed E-state index contributed by atoms with van der Waals surface area (Å²) in [5.41, 5.74) is -1.32. The molecule has 0 amide bonds. The molecule has 2 N–H and O–H groups in total. The Kier molecular flexibility index (Phi) is 5.41. The highest BCUT2D eigenvalue weighted by molar-refractivity contribution is 7.90. The highest BCUT2D eigenvalue weighted by atomic mass is 32.2. The summed E-state index contributed by atoms with van der Waals surface area (Å²) in [5, 5.41) is 13.9. The van der Waals surface area contributed by atoms with Gasteiger partial charge in [0.1, 0.15) is 17.2 Å². The largest absolute Gasteiger partial charge is 0.383 e. The minimum absolute atomic E-state index is 0.107. The number of nitrogens with zero attached hydrogens (tertiary/aromatic N) is 3. The number of hydrogen-bond acceptors (Lipinski definition) is 7. The van der Waals surface area contributed by atoms with Crippen LogP contribution in [0.5, 0.6) is 0 Å². The van der Waals surface area contributed by atoms with Gasteiger partial charge in [-0.05, 0) is 50.3 Å². The van der Waals surface area contributed by atoms with Gasteiger partial charge in [-0.25, -0.2) is 23.4 Å². The van der Waals surface area contributed by atoms with Crippen LogP contribution in [0.25, 0.3) is 10.9 Å². The van der Waals surface area contributed by atoms with E-state index < -0.39 is 27.3 Å². The van der Waals surface area contributed by atoms with Gasteiger partial charge in [0.05, 0.1) is 11.7 Å². The average molecular weight is 463 g/mol. The first-order valence-electron chi connectivity index (χ1n) is 10.2. The molecule has 32 heavy (non-hydrogen) atoms. The van der Waals surface area contributed by atoms with Crippen molar-refractivity contribution in [2.45, 2.75) is 49.8 Å². The number of aryl methyl sites for hydroxylation is 1. The molecule has 2 heterocycles. The standard InChI is InChI=1S/C22H24F2N4O3S/c1-13-27-18-12-25-19(32(3,30)31)10-17(18)20(28-13)26-11-14-5-4-6-16(9-14)22(23,24)21(2,29)15-7-8-15/h4-6,9-10,12,15,29H,7-8,11H2,1-3H3,(H,26,27,28). The quantitative estimate of drug-likeness (QED) is 0.553. The number of halogens is 2. The van der Waals surface area contributed by atoms with Gasteiger partial charge in [-0.15, -0.1) is 0 Å². The van der Waals surface area contributed by atoms with E-state index >= 15 is 8.78 Å². The van der Waals surface area contributed by atoms with Crippen molar-refractivity contribution in [1.82, 2.24) is 15.0 Å². The van der Waals surface area contributed by atoms with Gasteiger partial charge >= 0.3 is 5.92 Å². The van der Waals surface area contributed by atoms with Crippen LogP contribution in [0.2, 0.25) is 0 Å². The number of anilines is 1. The van der Waals surface area contributed by atoms with Gasteiger partial charge < -0.3 is 10.4 Å². The Hall–Kier alpha value is -2.72. The molecule has 2 aromatic heterocycles. The molecule has 1 saturated carbocycles. The van der Waals surface area contributed by atoms with Gasteiger partial charge in [-0.1, -0.05) is 18.2 Å². The van der Waals surface area contributed by atoms with Gasteiger partial charge in [0, 0.05) is 23.8 Å². The normalized spacial score (nSPS) is 16.7. The Labute approximate surface area is 184 Å². The van der Waals surface area contributed by atoms with Crippen LogP contribution in [-0.4, -0.2) is 40.3 Å². The SMILES string of the molecule is Cc1nc(NCc2cccc(C(F)(F)C(C)(O)C3CC3)c2)c2cc(S(C)(=O)=O)ncc2n1. The Bertz CT molecular complexity index is 1290. The molecule has 7 nitrogen and oxygen atoms in total. The molecular weight excluding hydrogens is 438 g/mol. The lowest BCUT2D eigenvalue weighted by Crippen LogP contribution is -2.45. The second-order valence-corrected chi connectivity index (χ2v) is 10.4. The first kappa shape index (κ1) is 22.5. The van der Waals surface area contributed by atoms with Crippen LogP contribution < -0.4 is 5.32 Å². The van der Waals surface area contributed by atoms with E-state index in [9.17, 15) is 13.5 Å². The lowest BCUT2D eigenvalue weighted by atomic mass is 9.86. The van der Waals surface area contributed by atoms with E-state index in [2.05, 4.69) is 20.3 Å². The van der Waals surface area contributed by atoms with Crippen molar-refractivity contribution < 1.29 is 22.3 Å². The molecule has 1 fully saturated rings. The fraction of sp³-hybridized carbons (Fsp3) is 0.409. The molecule has 170 valence electrons. The Balaban J connectivity index is 1.63. The molecule has 1 atom stereocenters. The Morgan fingerprint density at radius 1 is 1.22 bits per heavy atom. The summed E-state index contributed by atoms with van der Waals surface area (Å²) in [6, 6.07) is 7.29. The topological polar surface area (TPSA) is 105 Å². The maximum atomic E-state index is 15.0. The second-order valence-electron chi connectivity index (χ2n) is 8.48. The number of rotatable bonds is 7. The predicted molar refractivity (Wildman–Crippen MR) is 116 cm³/mol. The minimum atomic E-state index is -3.53. The zero-order valence-electron chi connectivity index (χ0n) is 17.9. The van der Waals surface area contributed by atoms with Crippen molar-refractivity contribution in [3.63, 3.8) is 0 Å². The number of benzene rings is 1. The minimum Gasteiger partial charge on any atom is -0.383 e. The van der Waals surface area contributed by atoms with E-state index in [0.717, 1.165) is 6.26 Å². The average Bonchev–Trinajstić information content (AvgIpc) is 3.57. The van der Waals surface area contributed by atoms with Crippen LogP contribution in [0.3, 0.4) is 0 Å². The predicted octanol–water partition coefficient (Wildman–Crippen LogP) is 3.60. The van der Waals surface area contributed by atoms with Gasteiger partial charge in [-0.3, -0.25) is 0 Å². The van der Waals surface area contributed by atoms with Crippen LogP contribution in [-0.2, 0) is 22.3 Å². The van der Waals surface area contributed by atoms with Crippen molar-refractivity contribution in [3.05, 3.63) is 53.5 Å². The fourth-order valence-electron chi connectivity index (χ4n) is 3.72. The summed E-state index contributed by atoms with van der Waals surface area (Å²) in [7, 11) is -3.53. The molecule has 0 radical (unpaired) electrons. The van der Waals surface area contributed by atoms with Crippen molar-refractivity contribution in [1.29, 1.82) is 0 Å². The molecule has 1 aromatic carbocycles. The zero-order chi connectivity index (χ0) is 23.3. The molecule has 1 unspecified atom stereocenters. The van der Waals surface area contributed by atoms with Gasteiger partial charge in [0.2, 0.25) is 0 Å². The van der Waals surface area contributed by atoms with E-state index in [0.29, 0.717) is 41.0 Å². The second kappa shape index (κ2) is 7.70. The number of hydrogen-bond donors (Lipinski definition) is 2. The Morgan fingerprint density at radius 3 is 2.59 bits per heavy atom. The van der Waals surface area contributed by atoms with Crippen LogP contribution in [0, 0.1) is 12.8 Å². The summed E-state index contributed by atoms with van der Waals surface area (Å²) in [6.07, 6.45) is 3.61. The maximum Gasteiger partial charge on any atom is 0.301 e. The summed E-state index contributed by atoms with van der Waals surface area (Å²) >= 11 is 0. The van der Waals surface area contributed by atoms with E-state index in [4.69, 9.17) is 0 Å². The van der Waals surface area contributed by atoms with E-state index in [-0.39, 0.29) is 17.1 Å². The summed E-state index contributed by atoms with van der Waals surface area (Å²) < 4.78 is 53.8. The molecule has 10 heteroatoms. The number of aliphatic hydroxyl groups is 1. The van der Waals surface area contributed by atoms with Crippen LogP contribution in [0.1, 0.15) is 36.7 Å². The van der Waals surface area contributed by atoms with Crippen molar-refractivity contribution in [3.8, 4) is 0 Å². The molecule has 3 aromatic rings. The molecule has 1 aliphatic rings. The molecular formula is C22H24F2N4O3S. The van der Waals surface area contributed by atoms with Crippen LogP contribution in [0.15, 0.2) is 41.6 Å². The molecule has 0 spiro atoms. The summed E-state index contributed by atoms with van der Waals surface area (Å²) in [6.45, 7) is 3.05. The summed E-state index contributed by atoms with van der Waals surface area (Å²) in [4.78, 5) is 12.6. The third kappa shape index (κ3) is 4.16. The number of aromatic nitrogens is 3. The monoisotopic (exact) mass is 462 g/mol. The van der Waals surface area contributed by atoms with E-state index in [1.165, 1.54) is 37.4 Å². The number of fused-ring (bicyclic) bond motifs is 1. The van der Waals surface area contributed by atoms with Gasteiger partial charge in [0.15, 0.2) is 14.9 Å². The highest BCUT2D eigenvalue weighted by Crippen LogP contribution is 2.51. The number of pyridine rings is 1. The van der Waals surface area contributed by atoms with Crippen LogP contribution in [0.4, 0.5) is 14.6 Å². The molecule has 0 aliphatic heterocycles. The van der Waals surface area contributed by atoms with Crippen LogP contribution >= 0.6 is 0 Å². The molecule has 4 rings (SSSR count). The van der Waals surface area contributed by atoms with Crippen molar-refractivity contribution >= 4 is 26.6 Å². The van der Waals surface area contributed by atoms with E-state index in [1.54, 1.807) is 13.0 Å². The molecule has 1 aliphatic carbocycles. The number of sulfone groups is 1. The lowest BCUT2D eigenvalue weighted by Gasteiger charge is -2.33.